The van der Waals surface area contributed by atoms with E-state index in [1.165, 1.54) is 11.3 Å². The van der Waals surface area contributed by atoms with Gasteiger partial charge in [-0.1, -0.05) is 44.2 Å². The Morgan fingerprint density at radius 3 is 2.28 bits per heavy atom. The van der Waals surface area contributed by atoms with Gasteiger partial charge in [0, 0.05) is 31.9 Å². The maximum absolute atomic E-state index is 12.8. The van der Waals surface area contributed by atoms with E-state index in [9.17, 15) is 4.79 Å². The molecule has 0 aliphatic carbocycles. The van der Waals surface area contributed by atoms with Gasteiger partial charge < -0.3 is 14.5 Å². The van der Waals surface area contributed by atoms with Gasteiger partial charge in [-0.3, -0.25) is 4.79 Å². The lowest BCUT2D eigenvalue weighted by atomic mass is 10.00. The van der Waals surface area contributed by atoms with E-state index in [1.807, 2.05) is 29.2 Å². The van der Waals surface area contributed by atoms with Crippen molar-refractivity contribution in [2.24, 2.45) is 0 Å². The van der Waals surface area contributed by atoms with E-state index < -0.39 is 0 Å². The number of anilines is 1. The summed E-state index contributed by atoms with van der Waals surface area (Å²) in [6.45, 7) is 7.60. The first-order chi connectivity index (χ1) is 12.1. The summed E-state index contributed by atoms with van der Waals surface area (Å²) in [5.74, 6) is 1.18. The van der Waals surface area contributed by atoms with Crippen molar-refractivity contribution in [3.8, 4) is 5.75 Å². The smallest absolute Gasteiger partial charge is 0.257 e. The molecule has 0 unspecified atom stereocenters. The van der Waals surface area contributed by atoms with E-state index in [-0.39, 0.29) is 5.91 Å². The van der Waals surface area contributed by atoms with E-state index in [0.717, 1.165) is 26.2 Å². The van der Waals surface area contributed by atoms with Gasteiger partial charge in [0.2, 0.25) is 0 Å². The fourth-order valence-corrected chi connectivity index (χ4v) is 3.41. The second kappa shape index (κ2) is 7.60. The largest absolute Gasteiger partial charge is 0.496 e. The van der Waals surface area contributed by atoms with Crippen molar-refractivity contribution in [3.05, 3.63) is 59.7 Å². The molecule has 2 aromatic carbocycles. The van der Waals surface area contributed by atoms with Gasteiger partial charge in [0.15, 0.2) is 0 Å². The molecule has 1 saturated heterocycles. The number of nitrogens with zero attached hydrogens (tertiary/aromatic N) is 2. The van der Waals surface area contributed by atoms with Crippen molar-refractivity contribution in [2.75, 3.05) is 38.2 Å². The lowest BCUT2D eigenvalue weighted by Gasteiger charge is -2.37. The third-order valence-electron chi connectivity index (χ3n) is 4.80. The molecule has 2 aromatic rings. The van der Waals surface area contributed by atoms with Gasteiger partial charge in [-0.25, -0.2) is 0 Å². The molecule has 1 fully saturated rings. The number of hydrogen-bond donors (Lipinski definition) is 0. The average Bonchev–Trinajstić information content (AvgIpc) is 2.67. The van der Waals surface area contributed by atoms with Gasteiger partial charge in [-0.05, 0) is 29.7 Å². The van der Waals surface area contributed by atoms with Crippen LogP contribution in [0.3, 0.4) is 0 Å². The highest BCUT2D eigenvalue weighted by atomic mass is 16.5. The lowest BCUT2D eigenvalue weighted by molar-refractivity contribution is 0.0743. The van der Waals surface area contributed by atoms with Gasteiger partial charge >= 0.3 is 0 Å². The summed E-state index contributed by atoms with van der Waals surface area (Å²) in [7, 11) is 1.60. The third-order valence-corrected chi connectivity index (χ3v) is 4.80. The zero-order valence-electron chi connectivity index (χ0n) is 15.2. The Hall–Kier alpha value is -2.49. The molecule has 1 heterocycles. The topological polar surface area (TPSA) is 32.8 Å². The normalized spacial score (nSPS) is 14.7. The minimum absolute atomic E-state index is 0.0502. The first kappa shape index (κ1) is 17.3. The molecule has 1 aliphatic heterocycles. The average molecular weight is 338 g/mol. The molecule has 4 nitrogen and oxygen atoms in total. The van der Waals surface area contributed by atoms with Crippen LogP contribution in [0, 0.1) is 0 Å². The highest BCUT2D eigenvalue weighted by Crippen LogP contribution is 2.28. The summed E-state index contributed by atoms with van der Waals surface area (Å²) in [4.78, 5) is 17.1. The lowest BCUT2D eigenvalue weighted by Crippen LogP contribution is -2.49. The highest BCUT2D eigenvalue weighted by Gasteiger charge is 2.25. The molecule has 1 aliphatic rings. The van der Waals surface area contributed by atoms with E-state index >= 15 is 0 Å². The summed E-state index contributed by atoms with van der Waals surface area (Å²) in [6, 6.07) is 16.0. The van der Waals surface area contributed by atoms with Crippen LogP contribution < -0.4 is 9.64 Å². The summed E-state index contributed by atoms with van der Waals surface area (Å²) in [5.41, 5.74) is 3.30. The number of carbonyl (C=O) groups is 1. The van der Waals surface area contributed by atoms with Crippen LogP contribution in [0.1, 0.15) is 35.7 Å². The molecule has 0 atom stereocenters. The van der Waals surface area contributed by atoms with Crippen LogP contribution in [0.2, 0.25) is 0 Å². The Balaban J connectivity index is 1.71. The number of carbonyl (C=O) groups excluding carboxylic acids is 1. The van der Waals surface area contributed by atoms with Crippen LogP contribution in [-0.2, 0) is 0 Å². The van der Waals surface area contributed by atoms with Gasteiger partial charge in [0.25, 0.3) is 5.91 Å². The van der Waals surface area contributed by atoms with E-state index in [4.69, 9.17) is 4.74 Å². The molecule has 0 bridgehead atoms. The first-order valence-corrected chi connectivity index (χ1v) is 8.88. The molecule has 3 rings (SSSR count). The van der Waals surface area contributed by atoms with Crippen molar-refractivity contribution in [2.45, 2.75) is 19.8 Å². The Bertz CT molecular complexity index is 734. The van der Waals surface area contributed by atoms with Crippen molar-refractivity contribution >= 4 is 11.6 Å². The first-order valence-electron chi connectivity index (χ1n) is 8.88. The zero-order valence-corrected chi connectivity index (χ0v) is 15.2. The van der Waals surface area contributed by atoms with Crippen LogP contribution in [0.5, 0.6) is 5.75 Å². The van der Waals surface area contributed by atoms with Crippen molar-refractivity contribution in [3.63, 3.8) is 0 Å². The Kier molecular flexibility index (Phi) is 5.27. The number of methoxy groups -OCH3 is 1. The van der Waals surface area contributed by atoms with Crippen molar-refractivity contribution < 1.29 is 9.53 Å². The fourth-order valence-electron chi connectivity index (χ4n) is 3.41. The molecule has 4 heteroatoms. The van der Waals surface area contributed by atoms with Crippen LogP contribution >= 0.6 is 0 Å². The number of benzene rings is 2. The molecule has 0 N–H and O–H groups in total. The minimum Gasteiger partial charge on any atom is -0.496 e. The molecule has 132 valence electrons. The predicted molar refractivity (Wildman–Crippen MR) is 102 cm³/mol. The molecular formula is C21H26N2O2. The Morgan fingerprint density at radius 2 is 1.60 bits per heavy atom. The second-order valence-corrected chi connectivity index (χ2v) is 6.69. The number of para-hydroxylation sites is 2. The predicted octanol–water partition coefficient (Wildman–Crippen LogP) is 3.78. The second-order valence-electron chi connectivity index (χ2n) is 6.69. The standard InChI is InChI=1S/C21H26N2O2/c1-16(2)17-8-4-6-10-19(17)22-12-14-23(15-13-22)21(24)18-9-5-7-11-20(18)25-3/h4-11,16H,12-15H2,1-3H3. The molecule has 0 aromatic heterocycles. The molecule has 1 amide bonds. The van der Waals surface area contributed by atoms with Crippen molar-refractivity contribution in [1.29, 1.82) is 0 Å². The number of amides is 1. The van der Waals surface area contributed by atoms with Gasteiger partial charge in [-0.2, -0.15) is 0 Å². The monoisotopic (exact) mass is 338 g/mol. The zero-order chi connectivity index (χ0) is 17.8. The highest BCUT2D eigenvalue weighted by molar-refractivity contribution is 5.97. The van der Waals surface area contributed by atoms with Crippen LogP contribution in [0.25, 0.3) is 0 Å². The maximum Gasteiger partial charge on any atom is 0.257 e. The van der Waals surface area contributed by atoms with E-state index in [1.54, 1.807) is 7.11 Å². The molecule has 25 heavy (non-hydrogen) atoms. The van der Waals surface area contributed by atoms with E-state index in [0.29, 0.717) is 17.2 Å². The Labute approximate surface area is 150 Å². The van der Waals surface area contributed by atoms with E-state index in [2.05, 4.69) is 43.0 Å². The number of hydrogen-bond acceptors (Lipinski definition) is 3. The third kappa shape index (κ3) is 3.63. The SMILES string of the molecule is COc1ccccc1C(=O)N1CCN(c2ccccc2C(C)C)CC1. The maximum atomic E-state index is 12.8. The van der Waals surface area contributed by atoms with Crippen LogP contribution in [0.4, 0.5) is 5.69 Å². The Morgan fingerprint density at radius 1 is 0.960 bits per heavy atom. The van der Waals surface area contributed by atoms with Crippen LogP contribution in [0.15, 0.2) is 48.5 Å². The van der Waals surface area contributed by atoms with Crippen LogP contribution in [-0.4, -0.2) is 44.1 Å². The molecule has 0 spiro atoms. The molecular weight excluding hydrogens is 312 g/mol. The summed E-state index contributed by atoms with van der Waals surface area (Å²) >= 11 is 0. The van der Waals surface area contributed by atoms with Gasteiger partial charge in [0.1, 0.15) is 5.75 Å². The molecule has 0 radical (unpaired) electrons. The fraction of sp³-hybridized carbons (Fsp3) is 0.381. The number of piperazine rings is 1. The number of ether oxygens (including phenoxy) is 1. The summed E-state index contributed by atoms with van der Waals surface area (Å²) in [6.07, 6.45) is 0. The quantitative estimate of drug-likeness (QED) is 0.850. The summed E-state index contributed by atoms with van der Waals surface area (Å²) in [5, 5.41) is 0. The van der Waals surface area contributed by atoms with Gasteiger partial charge in [-0.15, -0.1) is 0 Å². The summed E-state index contributed by atoms with van der Waals surface area (Å²) < 4.78 is 5.33. The molecule has 0 saturated carbocycles. The number of rotatable bonds is 4. The van der Waals surface area contributed by atoms with Crippen molar-refractivity contribution in [1.82, 2.24) is 4.90 Å². The minimum atomic E-state index is 0.0502. The van der Waals surface area contributed by atoms with Gasteiger partial charge in [0.05, 0.1) is 12.7 Å².